The van der Waals surface area contributed by atoms with Crippen LogP contribution in [0.15, 0.2) is 53.0 Å². The predicted octanol–water partition coefficient (Wildman–Crippen LogP) is 4.25. The van der Waals surface area contributed by atoms with Crippen LogP contribution in [0.4, 0.5) is 5.69 Å². The maximum atomic E-state index is 12.5. The van der Waals surface area contributed by atoms with Crippen molar-refractivity contribution in [1.82, 2.24) is 4.90 Å². The van der Waals surface area contributed by atoms with Crippen LogP contribution in [0.2, 0.25) is 0 Å². The van der Waals surface area contributed by atoms with Gasteiger partial charge in [0, 0.05) is 34.7 Å². The third kappa shape index (κ3) is 4.28. The molecule has 0 spiro atoms. The highest BCUT2D eigenvalue weighted by atomic mass is 79.9. The van der Waals surface area contributed by atoms with Crippen LogP contribution in [0.25, 0.3) is 0 Å². The van der Waals surface area contributed by atoms with Crippen molar-refractivity contribution < 1.29 is 9.59 Å². The molecule has 0 radical (unpaired) electrons. The molecule has 1 aliphatic heterocycles. The van der Waals surface area contributed by atoms with E-state index in [1.807, 2.05) is 60.4 Å². The first-order valence-corrected chi connectivity index (χ1v) is 9.25. The molecule has 25 heavy (non-hydrogen) atoms. The number of likely N-dealkylation sites (tertiary alicyclic amines) is 1. The third-order valence-corrected chi connectivity index (χ3v) is 5.11. The molecular formula is C20H21BrN2O2. The Morgan fingerprint density at radius 2 is 1.76 bits per heavy atom. The van der Waals surface area contributed by atoms with Gasteiger partial charge in [0.15, 0.2) is 0 Å². The van der Waals surface area contributed by atoms with E-state index >= 15 is 0 Å². The summed E-state index contributed by atoms with van der Waals surface area (Å²) < 4.78 is 0.996. The van der Waals surface area contributed by atoms with Crippen LogP contribution in [-0.2, 0) is 4.79 Å². The van der Waals surface area contributed by atoms with E-state index < -0.39 is 0 Å². The molecule has 130 valence electrons. The number of aryl methyl sites for hydroxylation is 1. The number of rotatable bonds is 3. The molecule has 4 nitrogen and oxygen atoms in total. The van der Waals surface area contributed by atoms with Crippen LogP contribution in [0.1, 0.15) is 28.8 Å². The predicted molar refractivity (Wildman–Crippen MR) is 103 cm³/mol. The van der Waals surface area contributed by atoms with Gasteiger partial charge in [0.25, 0.3) is 5.91 Å². The molecule has 1 saturated heterocycles. The van der Waals surface area contributed by atoms with Gasteiger partial charge in [-0.2, -0.15) is 0 Å². The summed E-state index contributed by atoms with van der Waals surface area (Å²) in [6.07, 6.45) is 1.39. The minimum absolute atomic E-state index is 0.0391. The van der Waals surface area contributed by atoms with E-state index in [1.54, 1.807) is 0 Å². The van der Waals surface area contributed by atoms with Crippen molar-refractivity contribution in [1.29, 1.82) is 0 Å². The van der Waals surface area contributed by atoms with Crippen molar-refractivity contribution >= 4 is 33.4 Å². The second-order valence-electron chi connectivity index (χ2n) is 6.38. The SMILES string of the molecule is Cc1cc(Br)ccc1NC(=O)C1CCN(C(=O)c2ccccc2)CC1. The molecule has 2 amide bonds. The van der Waals surface area contributed by atoms with E-state index in [-0.39, 0.29) is 17.7 Å². The van der Waals surface area contributed by atoms with Gasteiger partial charge in [-0.25, -0.2) is 0 Å². The van der Waals surface area contributed by atoms with Crippen molar-refractivity contribution in [3.05, 3.63) is 64.1 Å². The fourth-order valence-corrected chi connectivity index (χ4v) is 3.59. The molecule has 2 aromatic rings. The van der Waals surface area contributed by atoms with E-state index in [0.29, 0.717) is 31.5 Å². The van der Waals surface area contributed by atoms with E-state index in [9.17, 15) is 9.59 Å². The smallest absolute Gasteiger partial charge is 0.253 e. The molecule has 5 heteroatoms. The summed E-state index contributed by atoms with van der Waals surface area (Å²) in [5, 5.41) is 3.02. The number of benzene rings is 2. The zero-order valence-corrected chi connectivity index (χ0v) is 15.8. The minimum atomic E-state index is -0.0529. The van der Waals surface area contributed by atoms with Gasteiger partial charge < -0.3 is 10.2 Å². The van der Waals surface area contributed by atoms with Crippen molar-refractivity contribution in [3.63, 3.8) is 0 Å². The molecule has 1 N–H and O–H groups in total. The van der Waals surface area contributed by atoms with Gasteiger partial charge in [-0.15, -0.1) is 0 Å². The van der Waals surface area contributed by atoms with Crippen LogP contribution in [0, 0.1) is 12.8 Å². The highest BCUT2D eigenvalue weighted by molar-refractivity contribution is 9.10. The number of carbonyl (C=O) groups excluding carboxylic acids is 2. The monoisotopic (exact) mass is 400 g/mol. The molecule has 0 bridgehead atoms. The molecule has 0 saturated carbocycles. The number of carbonyl (C=O) groups is 2. The second-order valence-corrected chi connectivity index (χ2v) is 7.30. The lowest BCUT2D eigenvalue weighted by Crippen LogP contribution is -2.41. The Morgan fingerprint density at radius 1 is 1.08 bits per heavy atom. The van der Waals surface area contributed by atoms with Gasteiger partial charge in [0.05, 0.1) is 0 Å². The number of halogens is 1. The molecule has 0 atom stereocenters. The number of piperidine rings is 1. The molecule has 0 unspecified atom stereocenters. The van der Waals surface area contributed by atoms with Crippen molar-refractivity contribution in [2.75, 3.05) is 18.4 Å². The normalized spacial score (nSPS) is 15.0. The Balaban J connectivity index is 1.56. The lowest BCUT2D eigenvalue weighted by molar-refractivity contribution is -0.121. The Kier molecular flexibility index (Phi) is 5.53. The summed E-state index contributed by atoms with van der Waals surface area (Å²) in [5.74, 6) is 0.0308. The fourth-order valence-electron chi connectivity index (χ4n) is 3.11. The number of nitrogens with zero attached hydrogens (tertiary/aromatic N) is 1. The topological polar surface area (TPSA) is 49.4 Å². The zero-order valence-electron chi connectivity index (χ0n) is 14.2. The van der Waals surface area contributed by atoms with E-state index in [2.05, 4.69) is 21.2 Å². The van der Waals surface area contributed by atoms with Gasteiger partial charge in [-0.3, -0.25) is 9.59 Å². The first kappa shape index (κ1) is 17.7. The van der Waals surface area contributed by atoms with Crippen LogP contribution in [0.3, 0.4) is 0 Å². The van der Waals surface area contributed by atoms with Crippen molar-refractivity contribution in [3.8, 4) is 0 Å². The molecule has 2 aromatic carbocycles. The molecule has 3 rings (SSSR count). The van der Waals surface area contributed by atoms with Crippen LogP contribution in [-0.4, -0.2) is 29.8 Å². The Labute approximate surface area is 156 Å². The van der Waals surface area contributed by atoms with E-state index in [0.717, 1.165) is 15.7 Å². The Hall–Kier alpha value is -2.14. The van der Waals surface area contributed by atoms with Gasteiger partial charge in [-0.05, 0) is 55.7 Å². The Bertz CT molecular complexity index is 769. The standard InChI is InChI=1S/C20H21BrN2O2/c1-14-13-17(21)7-8-18(14)22-19(24)15-9-11-23(12-10-15)20(25)16-5-3-2-4-6-16/h2-8,13,15H,9-12H2,1H3,(H,22,24). The highest BCUT2D eigenvalue weighted by Gasteiger charge is 2.28. The molecule has 1 heterocycles. The summed E-state index contributed by atoms with van der Waals surface area (Å²) in [7, 11) is 0. The first-order chi connectivity index (χ1) is 12.0. The lowest BCUT2D eigenvalue weighted by atomic mass is 9.95. The summed E-state index contributed by atoms with van der Waals surface area (Å²) in [6.45, 7) is 3.21. The van der Waals surface area contributed by atoms with E-state index in [1.165, 1.54) is 0 Å². The van der Waals surface area contributed by atoms with Gasteiger partial charge in [0.2, 0.25) is 5.91 Å². The maximum absolute atomic E-state index is 12.5. The molecule has 0 aliphatic carbocycles. The largest absolute Gasteiger partial charge is 0.339 e. The third-order valence-electron chi connectivity index (χ3n) is 4.62. The van der Waals surface area contributed by atoms with E-state index in [4.69, 9.17) is 0 Å². The summed E-state index contributed by atoms with van der Waals surface area (Å²) >= 11 is 3.43. The molecule has 0 aromatic heterocycles. The van der Waals surface area contributed by atoms with Crippen LogP contribution in [0.5, 0.6) is 0 Å². The fraction of sp³-hybridized carbons (Fsp3) is 0.300. The summed E-state index contributed by atoms with van der Waals surface area (Å²) in [5.41, 5.74) is 2.58. The van der Waals surface area contributed by atoms with Crippen molar-refractivity contribution in [2.24, 2.45) is 5.92 Å². The Morgan fingerprint density at radius 3 is 2.40 bits per heavy atom. The summed E-state index contributed by atoms with van der Waals surface area (Å²) in [4.78, 5) is 26.8. The van der Waals surface area contributed by atoms with Gasteiger partial charge >= 0.3 is 0 Å². The maximum Gasteiger partial charge on any atom is 0.253 e. The van der Waals surface area contributed by atoms with Crippen LogP contribution < -0.4 is 5.32 Å². The minimum Gasteiger partial charge on any atom is -0.339 e. The van der Waals surface area contributed by atoms with Gasteiger partial charge in [0.1, 0.15) is 0 Å². The number of nitrogens with one attached hydrogen (secondary N) is 1. The van der Waals surface area contributed by atoms with Gasteiger partial charge in [-0.1, -0.05) is 34.1 Å². The van der Waals surface area contributed by atoms with Crippen molar-refractivity contribution in [2.45, 2.75) is 19.8 Å². The van der Waals surface area contributed by atoms with Crippen LogP contribution >= 0.6 is 15.9 Å². The first-order valence-electron chi connectivity index (χ1n) is 8.46. The summed E-state index contributed by atoms with van der Waals surface area (Å²) in [6, 6.07) is 15.1. The number of anilines is 1. The average Bonchev–Trinajstić information content (AvgIpc) is 2.64. The lowest BCUT2D eigenvalue weighted by Gasteiger charge is -2.31. The second kappa shape index (κ2) is 7.83. The average molecular weight is 401 g/mol. The molecular weight excluding hydrogens is 380 g/mol. The quantitative estimate of drug-likeness (QED) is 0.836. The molecule has 1 aliphatic rings. The number of amides is 2. The highest BCUT2D eigenvalue weighted by Crippen LogP contribution is 2.24. The number of hydrogen-bond donors (Lipinski definition) is 1. The molecule has 1 fully saturated rings. The number of hydrogen-bond acceptors (Lipinski definition) is 2. The zero-order chi connectivity index (χ0) is 17.8.